The molecule has 2 aromatic rings. The van der Waals surface area contributed by atoms with Crippen LogP contribution in [-0.4, -0.2) is 18.7 Å². The van der Waals surface area contributed by atoms with Crippen LogP contribution in [0.3, 0.4) is 0 Å². The summed E-state index contributed by atoms with van der Waals surface area (Å²) < 4.78 is 12.7. The lowest BCUT2D eigenvalue weighted by Crippen LogP contribution is -2.02. The first-order valence-corrected chi connectivity index (χ1v) is 8.79. The number of alkyl halides is 1. The zero-order chi connectivity index (χ0) is 14.5. The second kappa shape index (κ2) is 7.64. The number of rotatable bonds is 6. The molecule has 2 rings (SSSR count). The first-order valence-electron chi connectivity index (χ1n) is 5.79. The van der Waals surface area contributed by atoms with Gasteiger partial charge in [-0.05, 0) is 44.0 Å². The summed E-state index contributed by atoms with van der Waals surface area (Å²) in [6.45, 7) is 0.562. The van der Waals surface area contributed by atoms with E-state index in [0.717, 1.165) is 37.6 Å². The van der Waals surface area contributed by atoms with Crippen molar-refractivity contribution >= 4 is 54.8 Å². The molecular formula is C13H12Br2ClNO2S. The van der Waals surface area contributed by atoms with Crippen LogP contribution >= 0.6 is 54.8 Å². The van der Waals surface area contributed by atoms with Gasteiger partial charge >= 0.3 is 0 Å². The Labute approximate surface area is 143 Å². The number of thiazole rings is 1. The second-order valence-corrected chi connectivity index (χ2v) is 6.80. The van der Waals surface area contributed by atoms with Crippen molar-refractivity contribution in [2.45, 2.75) is 12.3 Å². The predicted octanol–water partition coefficient (Wildman–Crippen LogP) is 5.04. The van der Waals surface area contributed by atoms with Gasteiger partial charge in [0.25, 0.3) is 0 Å². The highest BCUT2D eigenvalue weighted by Crippen LogP contribution is 2.36. The minimum Gasteiger partial charge on any atom is -0.496 e. The maximum absolute atomic E-state index is 5.77. The first kappa shape index (κ1) is 16.1. The largest absolute Gasteiger partial charge is 0.496 e. The van der Waals surface area contributed by atoms with Crippen molar-refractivity contribution in [1.82, 2.24) is 4.98 Å². The molecule has 0 N–H and O–H groups in total. The van der Waals surface area contributed by atoms with Gasteiger partial charge in [0.05, 0.1) is 39.2 Å². The fourth-order valence-corrected chi connectivity index (χ4v) is 3.48. The van der Waals surface area contributed by atoms with Gasteiger partial charge in [-0.15, -0.1) is 22.9 Å². The average Bonchev–Trinajstić information content (AvgIpc) is 2.90. The summed E-state index contributed by atoms with van der Waals surface area (Å²) in [5.41, 5.74) is 0.917. The Bertz CT molecular complexity index is 592. The van der Waals surface area contributed by atoms with Gasteiger partial charge in [0.15, 0.2) is 0 Å². The number of aromatic nitrogens is 1. The summed E-state index contributed by atoms with van der Waals surface area (Å²) in [7, 11) is 1.63. The third-order valence-corrected chi connectivity index (χ3v) is 4.99. The second-order valence-electron chi connectivity index (χ2n) is 3.88. The number of methoxy groups -OCH3 is 1. The first-order chi connectivity index (χ1) is 9.63. The lowest BCUT2D eigenvalue weighted by molar-refractivity contribution is 0.318. The van der Waals surface area contributed by atoms with Crippen molar-refractivity contribution in [3.8, 4) is 11.5 Å². The van der Waals surface area contributed by atoms with Crippen molar-refractivity contribution < 1.29 is 9.47 Å². The van der Waals surface area contributed by atoms with Gasteiger partial charge in [-0.25, -0.2) is 4.98 Å². The van der Waals surface area contributed by atoms with Gasteiger partial charge in [-0.3, -0.25) is 0 Å². The van der Waals surface area contributed by atoms with Crippen LogP contribution in [0, 0.1) is 0 Å². The molecule has 0 fully saturated rings. The van der Waals surface area contributed by atoms with Crippen LogP contribution in [-0.2, 0) is 12.3 Å². The summed E-state index contributed by atoms with van der Waals surface area (Å²) in [5, 5.41) is 3.01. The number of halogens is 3. The highest BCUT2D eigenvalue weighted by Gasteiger charge is 2.09. The number of nitrogens with zero attached hydrogens (tertiary/aromatic N) is 1. The summed E-state index contributed by atoms with van der Waals surface area (Å²) >= 11 is 14.2. The molecule has 108 valence electrons. The zero-order valence-corrected chi connectivity index (χ0v) is 15.4. The summed E-state index contributed by atoms with van der Waals surface area (Å²) in [5.74, 6) is 1.98. The molecule has 1 aromatic carbocycles. The van der Waals surface area contributed by atoms with E-state index in [1.165, 1.54) is 0 Å². The molecule has 20 heavy (non-hydrogen) atoms. The molecule has 0 radical (unpaired) electrons. The van der Waals surface area contributed by atoms with Gasteiger partial charge in [0.2, 0.25) is 0 Å². The third-order valence-electron chi connectivity index (χ3n) is 2.52. The molecule has 0 aliphatic rings. The monoisotopic (exact) mass is 439 g/mol. The Balaban J connectivity index is 1.95. The van der Waals surface area contributed by atoms with E-state index in [1.807, 2.05) is 17.5 Å². The van der Waals surface area contributed by atoms with E-state index in [9.17, 15) is 0 Å². The van der Waals surface area contributed by atoms with Crippen molar-refractivity contribution in [3.63, 3.8) is 0 Å². The minimum absolute atomic E-state index is 0.453. The van der Waals surface area contributed by atoms with Crippen LogP contribution in [0.2, 0.25) is 0 Å². The van der Waals surface area contributed by atoms with Gasteiger partial charge in [0.1, 0.15) is 11.5 Å². The van der Waals surface area contributed by atoms with E-state index in [-0.39, 0.29) is 0 Å². The summed E-state index contributed by atoms with van der Waals surface area (Å²) in [6, 6.07) is 3.75. The molecule has 0 saturated carbocycles. The lowest BCUT2D eigenvalue weighted by atomic mass is 10.3. The Kier molecular flexibility index (Phi) is 6.14. The number of ether oxygens (including phenoxy) is 2. The van der Waals surface area contributed by atoms with Crippen molar-refractivity contribution in [2.24, 2.45) is 0 Å². The van der Waals surface area contributed by atoms with Crippen LogP contribution < -0.4 is 9.47 Å². The standard InChI is InChI=1S/C13H12Br2ClNO2S/c1-18-11-4-10(15)12(5-9(11)14)19-3-2-13-17-8(6-16)7-20-13/h4-5,7H,2-3,6H2,1H3. The van der Waals surface area contributed by atoms with Crippen molar-refractivity contribution in [3.05, 3.63) is 37.2 Å². The molecule has 0 spiro atoms. The number of hydrogen-bond acceptors (Lipinski definition) is 4. The predicted molar refractivity (Wildman–Crippen MR) is 89.3 cm³/mol. The Morgan fingerprint density at radius 1 is 1.25 bits per heavy atom. The van der Waals surface area contributed by atoms with Crippen molar-refractivity contribution in [2.75, 3.05) is 13.7 Å². The molecular weight excluding hydrogens is 429 g/mol. The van der Waals surface area contributed by atoms with Gasteiger partial charge in [0, 0.05) is 11.8 Å². The summed E-state index contributed by atoms with van der Waals surface area (Å²) in [4.78, 5) is 4.39. The molecule has 1 heterocycles. The fourth-order valence-electron chi connectivity index (χ4n) is 1.55. The normalized spacial score (nSPS) is 10.6. The number of benzene rings is 1. The van der Waals surface area contributed by atoms with E-state index in [1.54, 1.807) is 18.4 Å². The average molecular weight is 442 g/mol. The van der Waals surface area contributed by atoms with E-state index in [4.69, 9.17) is 21.1 Å². The molecule has 0 unspecified atom stereocenters. The van der Waals surface area contributed by atoms with Gasteiger partial charge < -0.3 is 9.47 Å². The van der Waals surface area contributed by atoms with E-state index < -0.39 is 0 Å². The topological polar surface area (TPSA) is 31.4 Å². The third kappa shape index (κ3) is 4.10. The van der Waals surface area contributed by atoms with Crippen molar-refractivity contribution in [1.29, 1.82) is 0 Å². The van der Waals surface area contributed by atoms with Gasteiger partial charge in [-0.2, -0.15) is 0 Å². The Morgan fingerprint density at radius 3 is 2.60 bits per heavy atom. The van der Waals surface area contributed by atoms with Crippen LogP contribution in [0.1, 0.15) is 10.7 Å². The van der Waals surface area contributed by atoms with E-state index >= 15 is 0 Å². The Morgan fingerprint density at radius 2 is 1.95 bits per heavy atom. The fraction of sp³-hybridized carbons (Fsp3) is 0.308. The maximum atomic E-state index is 5.77. The Hall–Kier alpha value is -0.300. The lowest BCUT2D eigenvalue weighted by Gasteiger charge is -2.10. The van der Waals surface area contributed by atoms with E-state index in [2.05, 4.69) is 36.8 Å². The van der Waals surface area contributed by atoms with Crippen LogP contribution in [0.4, 0.5) is 0 Å². The molecule has 1 aromatic heterocycles. The highest BCUT2D eigenvalue weighted by atomic mass is 79.9. The SMILES string of the molecule is COc1cc(Br)c(OCCc2nc(CCl)cs2)cc1Br. The molecule has 0 aliphatic heterocycles. The molecule has 3 nitrogen and oxygen atoms in total. The zero-order valence-electron chi connectivity index (χ0n) is 10.7. The summed E-state index contributed by atoms with van der Waals surface area (Å²) in [6.07, 6.45) is 0.762. The van der Waals surface area contributed by atoms with E-state index in [0.29, 0.717) is 12.5 Å². The highest BCUT2D eigenvalue weighted by molar-refractivity contribution is 9.11. The minimum atomic E-state index is 0.453. The van der Waals surface area contributed by atoms with Crippen LogP contribution in [0.15, 0.2) is 26.5 Å². The van der Waals surface area contributed by atoms with Crippen LogP contribution in [0.25, 0.3) is 0 Å². The van der Waals surface area contributed by atoms with Crippen LogP contribution in [0.5, 0.6) is 11.5 Å². The number of hydrogen-bond donors (Lipinski definition) is 0. The molecule has 0 aliphatic carbocycles. The molecule has 0 saturated heterocycles. The van der Waals surface area contributed by atoms with Gasteiger partial charge in [-0.1, -0.05) is 0 Å². The molecule has 7 heteroatoms. The molecule has 0 amide bonds. The molecule has 0 bridgehead atoms. The molecule has 0 atom stereocenters. The smallest absolute Gasteiger partial charge is 0.134 e. The maximum Gasteiger partial charge on any atom is 0.134 e. The quantitative estimate of drug-likeness (QED) is 0.589.